The summed E-state index contributed by atoms with van der Waals surface area (Å²) < 4.78 is 67.3. The van der Waals surface area contributed by atoms with Gasteiger partial charge >= 0.3 is 29.2 Å². The van der Waals surface area contributed by atoms with E-state index in [0.717, 1.165) is 0 Å². The van der Waals surface area contributed by atoms with Crippen molar-refractivity contribution in [1.29, 1.82) is 0 Å². The van der Waals surface area contributed by atoms with Crippen molar-refractivity contribution >= 4 is 5.78 Å². The minimum Gasteiger partial charge on any atom is -1.00 e. The number of halogens is 7. The van der Waals surface area contributed by atoms with Gasteiger partial charge in [0.25, 0.3) is 0 Å². The number of alkyl halides is 5. The van der Waals surface area contributed by atoms with Crippen molar-refractivity contribution in [2.45, 2.75) is 12.1 Å². The van der Waals surface area contributed by atoms with Gasteiger partial charge in [-0.05, 0) is 18.2 Å². The Hall–Kier alpha value is -0.181. The van der Waals surface area contributed by atoms with E-state index in [-0.39, 0.29) is 51.0 Å². The topological polar surface area (TPSA) is 26.3 Å². The fraction of sp³-hybridized carbons (Fsp3) is 0.300. The molecule has 0 bridgehead atoms. The van der Waals surface area contributed by atoms with Gasteiger partial charge < -0.3 is 38.7 Å². The quantitative estimate of drug-likeness (QED) is 0.299. The Morgan fingerprint density at radius 2 is 1.70 bits per heavy atom. The van der Waals surface area contributed by atoms with Gasteiger partial charge in [0.15, 0.2) is 6.61 Å². The van der Waals surface area contributed by atoms with Gasteiger partial charge in [-0.2, -0.15) is 22.0 Å². The molecule has 1 aliphatic heterocycles. The first kappa shape index (κ1) is 22.1. The molecular formula is C10H5Br2F5MnO2. The normalized spacial score (nSPS) is 15.8. The minimum absolute atomic E-state index is 0. The minimum atomic E-state index is -4.61. The second-order valence-corrected chi connectivity index (χ2v) is 3.53. The van der Waals surface area contributed by atoms with Crippen molar-refractivity contribution in [3.05, 3.63) is 29.3 Å². The van der Waals surface area contributed by atoms with Crippen LogP contribution in [0.2, 0.25) is 0 Å². The predicted octanol–water partition coefficient (Wildman–Crippen LogP) is -3.08. The van der Waals surface area contributed by atoms with Gasteiger partial charge in [-0.15, -0.1) is 0 Å². The zero-order valence-corrected chi connectivity index (χ0v) is 13.6. The number of fused-ring (bicyclic) bond motifs is 1. The van der Waals surface area contributed by atoms with Crippen LogP contribution in [0.15, 0.2) is 18.2 Å². The maximum absolute atomic E-state index is 12.9. The monoisotopic (exact) mass is 465 g/mol. The fourth-order valence-corrected chi connectivity index (χ4v) is 1.44. The molecule has 0 spiro atoms. The van der Waals surface area contributed by atoms with Crippen LogP contribution in [0.4, 0.5) is 22.0 Å². The number of benzene rings is 1. The molecule has 1 heterocycles. The van der Waals surface area contributed by atoms with Crippen LogP contribution in [0.1, 0.15) is 15.9 Å². The van der Waals surface area contributed by atoms with Crippen LogP contribution in [0, 0.1) is 0 Å². The van der Waals surface area contributed by atoms with Gasteiger partial charge in [0.2, 0.25) is 5.78 Å². The van der Waals surface area contributed by atoms with Crippen LogP contribution in [-0.4, -0.2) is 18.3 Å². The first-order valence-corrected chi connectivity index (χ1v) is 4.48. The summed E-state index contributed by atoms with van der Waals surface area (Å²) in [5.74, 6) is -5.67. The third kappa shape index (κ3) is 4.16. The molecule has 2 nitrogen and oxygen atoms in total. The number of carbonyl (C=O) groups is 1. The summed E-state index contributed by atoms with van der Waals surface area (Å²) in [4.78, 5) is 11.2. The molecule has 10 heteroatoms. The molecule has 0 atom stereocenters. The molecule has 0 saturated heterocycles. The Bertz CT molecular complexity index is 493. The van der Waals surface area contributed by atoms with Gasteiger partial charge in [-0.25, -0.2) is 0 Å². The molecule has 0 amide bonds. The maximum Gasteiger partial charge on any atom is 2.00 e. The van der Waals surface area contributed by atoms with Gasteiger partial charge in [0.05, 0.1) is 11.1 Å². The van der Waals surface area contributed by atoms with E-state index in [1.54, 1.807) is 0 Å². The summed E-state index contributed by atoms with van der Waals surface area (Å²) in [5.41, 5.74) is -1.58. The number of hydrogen-bond acceptors (Lipinski definition) is 2. The Morgan fingerprint density at radius 1 is 1.15 bits per heavy atom. The molecular weight excluding hydrogens is 462 g/mol. The Kier molecular flexibility index (Phi) is 7.95. The van der Waals surface area contributed by atoms with E-state index < -0.39 is 41.4 Å². The van der Waals surface area contributed by atoms with Crippen molar-refractivity contribution in [2.75, 3.05) is 6.61 Å². The van der Waals surface area contributed by atoms with Gasteiger partial charge in [0, 0.05) is 0 Å². The second-order valence-electron chi connectivity index (χ2n) is 3.53. The van der Waals surface area contributed by atoms with Crippen molar-refractivity contribution < 1.29 is 82.5 Å². The summed E-state index contributed by atoms with van der Waals surface area (Å²) in [5, 5.41) is 0. The number of ether oxygens (including phenoxy) is 1. The number of rotatable bonds is 0. The molecule has 1 aliphatic rings. The smallest absolute Gasteiger partial charge is 1.00 e. The Morgan fingerprint density at radius 3 is 2.20 bits per heavy atom. The molecule has 0 N–H and O–H groups in total. The number of hydrogen-bond donors (Lipinski definition) is 0. The third-order valence-electron chi connectivity index (χ3n) is 2.29. The second kappa shape index (κ2) is 7.19. The molecule has 2 rings (SSSR count). The molecule has 1 radical (unpaired) electrons. The number of ketones is 1. The maximum atomic E-state index is 12.9. The van der Waals surface area contributed by atoms with Gasteiger partial charge in [-0.3, -0.25) is 4.79 Å². The van der Waals surface area contributed by atoms with E-state index in [0.29, 0.717) is 18.2 Å². The van der Waals surface area contributed by atoms with Crippen molar-refractivity contribution in [3.63, 3.8) is 0 Å². The molecule has 0 saturated carbocycles. The van der Waals surface area contributed by atoms with Crippen molar-refractivity contribution in [1.82, 2.24) is 0 Å². The molecule has 20 heavy (non-hydrogen) atoms. The van der Waals surface area contributed by atoms with Crippen LogP contribution in [0.5, 0.6) is 5.75 Å². The summed E-state index contributed by atoms with van der Waals surface area (Å²) in [6, 6.07) is 1.82. The number of Topliss-reactive ketones (excluding diaryl/α,β-unsaturated/α-hetero) is 1. The fourth-order valence-electron chi connectivity index (χ4n) is 1.44. The average molecular weight is 467 g/mol. The summed E-state index contributed by atoms with van der Waals surface area (Å²) >= 11 is 0. The third-order valence-corrected chi connectivity index (χ3v) is 2.29. The van der Waals surface area contributed by atoms with Crippen LogP contribution >= 0.6 is 0 Å². The van der Waals surface area contributed by atoms with Crippen LogP contribution in [-0.2, 0) is 23.2 Å². The standard InChI is InChI=1S/C10H5F5O2.2BrH.Mn/c11-9(12)4-17-7-3-5(10(13,14)15)1-2-6(7)8(9)16;;;/h1-3H,4H2;2*1H;/q;;;+2/p-2. The van der Waals surface area contributed by atoms with Crippen molar-refractivity contribution in [3.8, 4) is 5.75 Å². The molecule has 0 fully saturated rings. The first-order valence-electron chi connectivity index (χ1n) is 4.48. The molecule has 1 aromatic rings. The summed E-state index contributed by atoms with van der Waals surface area (Å²) in [6.07, 6.45) is -4.61. The van der Waals surface area contributed by atoms with Crippen molar-refractivity contribution in [2.24, 2.45) is 0 Å². The van der Waals surface area contributed by atoms with Gasteiger partial charge in [-0.1, -0.05) is 0 Å². The van der Waals surface area contributed by atoms with Crippen LogP contribution < -0.4 is 38.7 Å². The predicted molar refractivity (Wildman–Crippen MR) is 46.2 cm³/mol. The zero-order chi connectivity index (χ0) is 12.8. The largest absolute Gasteiger partial charge is 2.00 e. The van der Waals surface area contributed by atoms with E-state index in [2.05, 4.69) is 4.74 Å². The van der Waals surface area contributed by atoms with E-state index >= 15 is 0 Å². The summed E-state index contributed by atoms with van der Waals surface area (Å²) in [7, 11) is 0. The summed E-state index contributed by atoms with van der Waals surface area (Å²) in [6.45, 7) is -1.24. The van der Waals surface area contributed by atoms with E-state index in [1.807, 2.05) is 0 Å². The van der Waals surface area contributed by atoms with E-state index in [1.165, 1.54) is 0 Å². The number of carbonyl (C=O) groups excluding carboxylic acids is 1. The molecule has 0 aromatic heterocycles. The van der Waals surface area contributed by atoms with E-state index in [4.69, 9.17) is 0 Å². The molecule has 113 valence electrons. The first-order chi connectivity index (χ1) is 7.72. The molecule has 1 aromatic carbocycles. The average Bonchev–Trinajstić information content (AvgIpc) is 2.22. The SMILES string of the molecule is O=C1c2ccc(C(F)(F)F)cc2OCC1(F)F.[Br-].[Br-].[Mn+2]. The molecule has 0 unspecified atom stereocenters. The molecule has 0 aliphatic carbocycles. The van der Waals surface area contributed by atoms with Gasteiger partial charge in [0.1, 0.15) is 5.75 Å². The van der Waals surface area contributed by atoms with Crippen LogP contribution in [0.3, 0.4) is 0 Å². The Labute approximate surface area is 142 Å². The van der Waals surface area contributed by atoms with Crippen LogP contribution in [0.25, 0.3) is 0 Å². The van der Waals surface area contributed by atoms with E-state index in [9.17, 15) is 26.7 Å². The zero-order valence-electron chi connectivity index (χ0n) is 9.28. The Balaban J connectivity index is 0.